The molecule has 1 aliphatic carbocycles. The Kier molecular flexibility index (Phi) is 3.38. The maximum absolute atomic E-state index is 12.1. The van der Waals surface area contributed by atoms with Crippen molar-refractivity contribution < 1.29 is 19.4 Å². The van der Waals surface area contributed by atoms with Gasteiger partial charge in [-0.3, -0.25) is 4.79 Å². The Hall–Kier alpha value is -1.10. The molecule has 0 aromatic heterocycles. The molecule has 1 amide bonds. The summed E-state index contributed by atoms with van der Waals surface area (Å²) in [7, 11) is 1.47. The molecular weight excluding hydrogens is 222 g/mol. The van der Waals surface area contributed by atoms with Crippen LogP contribution in [-0.4, -0.2) is 47.7 Å². The van der Waals surface area contributed by atoms with E-state index in [2.05, 4.69) is 0 Å². The number of aliphatic carboxylic acids is 1. The van der Waals surface area contributed by atoms with Crippen LogP contribution in [-0.2, 0) is 14.3 Å². The summed E-state index contributed by atoms with van der Waals surface area (Å²) in [6.07, 6.45) is 2.49. The molecule has 4 atom stereocenters. The van der Waals surface area contributed by atoms with Gasteiger partial charge in [-0.1, -0.05) is 6.42 Å². The summed E-state index contributed by atoms with van der Waals surface area (Å²) in [5, 5.41) is 9.30. The predicted octanol–water partition coefficient (Wildman–Crippen LogP) is 0.733. The number of rotatable bonds is 3. The number of carbonyl (C=O) groups excluding carboxylic acids is 1. The first-order chi connectivity index (χ1) is 8.06. The second-order valence-electron chi connectivity index (χ2n) is 5.01. The van der Waals surface area contributed by atoms with Gasteiger partial charge in [-0.2, -0.15) is 0 Å². The number of fused-ring (bicyclic) bond motifs is 1. The van der Waals surface area contributed by atoms with Crippen LogP contribution in [0.3, 0.4) is 0 Å². The number of nitrogens with zero attached hydrogens (tertiary/aromatic N) is 1. The van der Waals surface area contributed by atoms with Crippen LogP contribution in [0.2, 0.25) is 0 Å². The number of likely N-dealkylation sites (tertiary alicyclic amines) is 1. The van der Waals surface area contributed by atoms with Gasteiger partial charge in [-0.05, 0) is 31.6 Å². The lowest BCUT2D eigenvalue weighted by Crippen LogP contribution is -2.47. The lowest BCUT2D eigenvalue weighted by Gasteiger charge is -2.26. The molecule has 0 radical (unpaired) electrons. The Bertz CT molecular complexity index is 330. The molecule has 5 nitrogen and oxygen atoms in total. The minimum atomic E-state index is -0.879. The van der Waals surface area contributed by atoms with E-state index in [0.717, 1.165) is 19.3 Å². The van der Waals surface area contributed by atoms with Gasteiger partial charge in [0.05, 0.1) is 0 Å². The summed E-state index contributed by atoms with van der Waals surface area (Å²) in [6.45, 7) is 2.24. The van der Waals surface area contributed by atoms with E-state index < -0.39 is 18.1 Å². The van der Waals surface area contributed by atoms with Crippen molar-refractivity contribution in [2.45, 2.75) is 38.3 Å². The highest BCUT2D eigenvalue weighted by Crippen LogP contribution is 2.42. The lowest BCUT2D eigenvalue weighted by atomic mass is 9.94. The first-order valence-electron chi connectivity index (χ1n) is 6.12. The Morgan fingerprint density at radius 2 is 2.12 bits per heavy atom. The van der Waals surface area contributed by atoms with Crippen LogP contribution in [0.5, 0.6) is 0 Å². The third-order valence-electron chi connectivity index (χ3n) is 4.13. The topological polar surface area (TPSA) is 66.8 Å². The molecule has 1 N–H and O–H groups in total. The van der Waals surface area contributed by atoms with E-state index >= 15 is 0 Å². The van der Waals surface area contributed by atoms with Crippen molar-refractivity contribution in [1.82, 2.24) is 4.90 Å². The van der Waals surface area contributed by atoms with Gasteiger partial charge in [0.25, 0.3) is 5.91 Å². The zero-order valence-electron chi connectivity index (χ0n) is 10.3. The highest BCUT2D eigenvalue weighted by atomic mass is 16.5. The summed E-state index contributed by atoms with van der Waals surface area (Å²) in [5.41, 5.74) is 0. The van der Waals surface area contributed by atoms with E-state index in [1.165, 1.54) is 12.0 Å². The Balaban J connectivity index is 2.17. The third kappa shape index (κ3) is 2.04. The van der Waals surface area contributed by atoms with Gasteiger partial charge in [0, 0.05) is 13.7 Å². The summed E-state index contributed by atoms with van der Waals surface area (Å²) < 4.78 is 4.99. The Morgan fingerprint density at radius 1 is 1.41 bits per heavy atom. The normalized spacial score (nSPS) is 33.5. The average molecular weight is 241 g/mol. The smallest absolute Gasteiger partial charge is 0.326 e. The fraction of sp³-hybridized carbons (Fsp3) is 0.833. The summed E-state index contributed by atoms with van der Waals surface area (Å²) >= 11 is 0. The van der Waals surface area contributed by atoms with Crippen LogP contribution in [0, 0.1) is 11.8 Å². The van der Waals surface area contributed by atoms with E-state index in [1.807, 2.05) is 0 Å². The van der Waals surface area contributed by atoms with Gasteiger partial charge in [-0.25, -0.2) is 4.79 Å². The second-order valence-corrected chi connectivity index (χ2v) is 5.01. The monoisotopic (exact) mass is 241 g/mol. The van der Waals surface area contributed by atoms with Crippen molar-refractivity contribution in [2.24, 2.45) is 11.8 Å². The molecule has 0 aromatic carbocycles. The third-order valence-corrected chi connectivity index (χ3v) is 4.13. The molecule has 2 rings (SSSR count). The van der Waals surface area contributed by atoms with Gasteiger partial charge in [0.2, 0.25) is 0 Å². The van der Waals surface area contributed by atoms with Gasteiger partial charge >= 0.3 is 5.97 Å². The summed E-state index contributed by atoms with van der Waals surface area (Å²) in [4.78, 5) is 24.9. The second kappa shape index (κ2) is 4.64. The largest absolute Gasteiger partial charge is 0.480 e. The van der Waals surface area contributed by atoms with Crippen LogP contribution in [0.1, 0.15) is 26.2 Å². The molecule has 0 bridgehead atoms. The van der Waals surface area contributed by atoms with Gasteiger partial charge in [0.15, 0.2) is 0 Å². The zero-order chi connectivity index (χ0) is 12.6. The fourth-order valence-corrected chi connectivity index (χ4v) is 3.18. The molecule has 17 heavy (non-hydrogen) atoms. The molecule has 1 saturated carbocycles. The molecule has 4 unspecified atom stereocenters. The van der Waals surface area contributed by atoms with Crippen molar-refractivity contribution in [3.8, 4) is 0 Å². The van der Waals surface area contributed by atoms with Gasteiger partial charge in [-0.15, -0.1) is 0 Å². The SMILES string of the molecule is COC(C)C(=O)N1CC2CCCC2C1C(=O)O. The highest BCUT2D eigenvalue weighted by molar-refractivity contribution is 5.87. The number of amides is 1. The molecule has 1 heterocycles. The fourth-order valence-electron chi connectivity index (χ4n) is 3.18. The molecule has 5 heteroatoms. The van der Waals surface area contributed by atoms with Crippen LogP contribution in [0.4, 0.5) is 0 Å². The molecular formula is C12H19NO4. The first-order valence-corrected chi connectivity index (χ1v) is 6.12. The number of carboxylic acids is 1. The molecule has 96 valence electrons. The average Bonchev–Trinajstić information content (AvgIpc) is 2.85. The predicted molar refractivity (Wildman–Crippen MR) is 60.4 cm³/mol. The molecule has 0 aromatic rings. The maximum atomic E-state index is 12.1. The van der Waals surface area contributed by atoms with Gasteiger partial charge in [0.1, 0.15) is 12.1 Å². The van der Waals surface area contributed by atoms with Crippen molar-refractivity contribution in [3.63, 3.8) is 0 Å². The number of carbonyl (C=O) groups is 2. The van der Waals surface area contributed by atoms with E-state index in [4.69, 9.17) is 4.74 Å². The number of hydrogen-bond donors (Lipinski definition) is 1. The maximum Gasteiger partial charge on any atom is 0.326 e. The van der Waals surface area contributed by atoms with Gasteiger partial charge < -0.3 is 14.7 Å². The first kappa shape index (κ1) is 12.4. The number of carboxylic acid groups (broad SMARTS) is 1. The van der Waals surface area contributed by atoms with Crippen LogP contribution < -0.4 is 0 Å². The van der Waals surface area contributed by atoms with Crippen molar-refractivity contribution in [1.29, 1.82) is 0 Å². The molecule has 1 saturated heterocycles. The van der Waals surface area contributed by atoms with Crippen molar-refractivity contribution in [2.75, 3.05) is 13.7 Å². The Labute approximate surface area is 101 Å². The molecule has 2 fully saturated rings. The summed E-state index contributed by atoms with van der Waals surface area (Å²) in [6, 6.07) is -0.646. The van der Waals surface area contributed by atoms with E-state index in [-0.39, 0.29) is 11.8 Å². The number of ether oxygens (including phenoxy) is 1. The zero-order valence-corrected chi connectivity index (χ0v) is 10.3. The van der Waals surface area contributed by atoms with Crippen molar-refractivity contribution >= 4 is 11.9 Å². The highest BCUT2D eigenvalue weighted by Gasteiger charge is 2.50. The molecule has 0 spiro atoms. The number of methoxy groups -OCH3 is 1. The van der Waals surface area contributed by atoms with Crippen LogP contribution in [0.15, 0.2) is 0 Å². The van der Waals surface area contributed by atoms with Crippen LogP contribution in [0.25, 0.3) is 0 Å². The quantitative estimate of drug-likeness (QED) is 0.791. The molecule has 1 aliphatic heterocycles. The van der Waals surface area contributed by atoms with Crippen molar-refractivity contribution in [3.05, 3.63) is 0 Å². The van der Waals surface area contributed by atoms with E-state index in [1.54, 1.807) is 6.92 Å². The minimum Gasteiger partial charge on any atom is -0.480 e. The standard InChI is InChI=1S/C12H19NO4/c1-7(17-2)11(14)13-6-8-4-3-5-9(8)10(13)12(15)16/h7-10H,3-6H2,1-2H3,(H,15,16). The van der Waals surface area contributed by atoms with E-state index in [9.17, 15) is 14.7 Å². The van der Waals surface area contributed by atoms with Crippen LogP contribution >= 0.6 is 0 Å². The summed E-state index contributed by atoms with van der Waals surface area (Å²) in [5.74, 6) is -0.574. The minimum absolute atomic E-state index is 0.139. The Morgan fingerprint density at radius 3 is 2.71 bits per heavy atom. The van der Waals surface area contributed by atoms with E-state index in [0.29, 0.717) is 12.5 Å². The number of hydrogen-bond acceptors (Lipinski definition) is 3. The molecule has 2 aliphatic rings. The lowest BCUT2D eigenvalue weighted by molar-refractivity contribution is -0.153.